The molecule has 0 fully saturated rings. The monoisotopic (exact) mass is 298 g/mol. The Morgan fingerprint density at radius 3 is 2.45 bits per heavy atom. The minimum Gasteiger partial charge on any atom is -0.497 e. The first-order valence-corrected chi connectivity index (χ1v) is 6.85. The lowest BCUT2D eigenvalue weighted by Crippen LogP contribution is -2.38. The Hall–Kier alpha value is -2.82. The lowest BCUT2D eigenvalue weighted by atomic mass is 10.1. The molecule has 5 nitrogen and oxygen atoms in total. The molecule has 0 aliphatic heterocycles. The maximum absolute atomic E-state index is 12.5. The Morgan fingerprint density at radius 2 is 1.82 bits per heavy atom. The molecule has 0 unspecified atom stereocenters. The number of benzene rings is 2. The number of ether oxygens (including phenoxy) is 1. The van der Waals surface area contributed by atoms with E-state index in [1.807, 2.05) is 30.3 Å². The number of hydrogen-bond donors (Lipinski definition) is 1. The van der Waals surface area contributed by atoms with Crippen LogP contribution in [0.15, 0.2) is 54.6 Å². The molecule has 0 aliphatic rings. The van der Waals surface area contributed by atoms with Crippen molar-refractivity contribution in [1.82, 2.24) is 4.90 Å². The zero-order chi connectivity index (χ0) is 15.9. The highest BCUT2D eigenvalue weighted by Crippen LogP contribution is 2.15. The van der Waals surface area contributed by atoms with Gasteiger partial charge in [-0.2, -0.15) is 0 Å². The summed E-state index contributed by atoms with van der Waals surface area (Å²) in [5, 5.41) is 0. The van der Waals surface area contributed by atoms with Gasteiger partial charge in [-0.15, -0.1) is 0 Å². The number of amides is 2. The van der Waals surface area contributed by atoms with Crippen LogP contribution in [0.1, 0.15) is 15.9 Å². The molecule has 2 aromatic carbocycles. The highest BCUT2D eigenvalue weighted by molar-refractivity contribution is 5.96. The van der Waals surface area contributed by atoms with Crippen molar-refractivity contribution in [3.63, 3.8) is 0 Å². The summed E-state index contributed by atoms with van der Waals surface area (Å²) in [4.78, 5) is 25.2. The van der Waals surface area contributed by atoms with Crippen LogP contribution in [0.2, 0.25) is 0 Å². The smallest absolute Gasteiger partial charge is 0.254 e. The standard InChI is InChI=1S/C17H18N2O3/c1-22-15-9-5-6-13(10-15)11-19(12-16(18)20)17(21)14-7-3-2-4-8-14/h2-10H,11-12H2,1H3,(H2,18,20). The van der Waals surface area contributed by atoms with Gasteiger partial charge in [0.25, 0.3) is 5.91 Å². The van der Waals surface area contributed by atoms with E-state index < -0.39 is 5.91 Å². The Kier molecular flexibility index (Phi) is 5.14. The lowest BCUT2D eigenvalue weighted by Gasteiger charge is -2.21. The largest absolute Gasteiger partial charge is 0.497 e. The van der Waals surface area contributed by atoms with Crippen LogP contribution in [0.5, 0.6) is 5.75 Å². The summed E-state index contributed by atoms with van der Waals surface area (Å²) in [7, 11) is 1.58. The molecule has 2 aromatic rings. The van der Waals surface area contributed by atoms with Crippen LogP contribution >= 0.6 is 0 Å². The summed E-state index contributed by atoms with van der Waals surface area (Å²) in [6.45, 7) is 0.152. The van der Waals surface area contributed by atoms with Crippen LogP contribution in [-0.2, 0) is 11.3 Å². The van der Waals surface area contributed by atoms with E-state index in [9.17, 15) is 9.59 Å². The third kappa shape index (κ3) is 4.09. The zero-order valence-electron chi connectivity index (χ0n) is 12.4. The Bertz CT molecular complexity index is 656. The normalized spacial score (nSPS) is 10.0. The molecule has 0 heterocycles. The van der Waals surface area contributed by atoms with E-state index in [1.54, 1.807) is 31.4 Å². The number of rotatable bonds is 6. The fourth-order valence-electron chi connectivity index (χ4n) is 2.14. The first-order chi connectivity index (χ1) is 10.6. The molecule has 0 aromatic heterocycles. The lowest BCUT2D eigenvalue weighted by molar-refractivity contribution is -0.118. The third-order valence-corrected chi connectivity index (χ3v) is 3.16. The molecule has 0 radical (unpaired) electrons. The average Bonchev–Trinajstić information content (AvgIpc) is 2.54. The van der Waals surface area contributed by atoms with Crippen molar-refractivity contribution in [1.29, 1.82) is 0 Å². The molecule has 2 rings (SSSR count). The van der Waals surface area contributed by atoms with Gasteiger partial charge in [0.2, 0.25) is 5.91 Å². The summed E-state index contributed by atoms with van der Waals surface area (Å²) in [6, 6.07) is 16.2. The minimum absolute atomic E-state index is 0.134. The van der Waals surface area contributed by atoms with Crippen LogP contribution < -0.4 is 10.5 Å². The summed E-state index contributed by atoms with van der Waals surface area (Å²) < 4.78 is 5.17. The van der Waals surface area contributed by atoms with Crippen LogP contribution in [-0.4, -0.2) is 30.4 Å². The van der Waals surface area contributed by atoms with Crippen molar-refractivity contribution in [2.45, 2.75) is 6.54 Å². The molecule has 0 bridgehead atoms. The number of nitrogens with two attached hydrogens (primary N) is 1. The zero-order valence-corrected chi connectivity index (χ0v) is 12.4. The molecule has 114 valence electrons. The van der Waals surface area contributed by atoms with Crippen LogP contribution in [0, 0.1) is 0 Å². The molecular formula is C17H18N2O3. The minimum atomic E-state index is -0.549. The first-order valence-electron chi connectivity index (χ1n) is 6.85. The highest BCUT2D eigenvalue weighted by atomic mass is 16.5. The van der Waals surface area contributed by atoms with Gasteiger partial charge in [0.1, 0.15) is 5.75 Å². The Morgan fingerprint density at radius 1 is 1.09 bits per heavy atom. The van der Waals surface area contributed by atoms with Crippen molar-refractivity contribution in [2.24, 2.45) is 5.73 Å². The van der Waals surface area contributed by atoms with E-state index in [-0.39, 0.29) is 19.0 Å². The molecule has 0 spiro atoms. The number of methoxy groups -OCH3 is 1. The van der Waals surface area contributed by atoms with Crippen molar-refractivity contribution in [3.05, 3.63) is 65.7 Å². The van der Waals surface area contributed by atoms with Gasteiger partial charge >= 0.3 is 0 Å². The maximum Gasteiger partial charge on any atom is 0.254 e. The topological polar surface area (TPSA) is 72.6 Å². The van der Waals surface area contributed by atoms with Crippen molar-refractivity contribution in [3.8, 4) is 5.75 Å². The molecule has 22 heavy (non-hydrogen) atoms. The predicted molar refractivity (Wildman–Crippen MR) is 83.4 cm³/mol. The molecule has 0 saturated heterocycles. The number of carbonyl (C=O) groups excluding carboxylic acids is 2. The summed E-state index contributed by atoms with van der Waals surface area (Å²) in [6.07, 6.45) is 0. The summed E-state index contributed by atoms with van der Waals surface area (Å²) >= 11 is 0. The van der Waals surface area contributed by atoms with E-state index in [0.29, 0.717) is 11.3 Å². The maximum atomic E-state index is 12.5. The molecule has 0 aliphatic carbocycles. The predicted octanol–water partition coefficient (Wildman–Crippen LogP) is 1.82. The van der Waals surface area contributed by atoms with Gasteiger partial charge in [0, 0.05) is 12.1 Å². The second-order valence-corrected chi connectivity index (χ2v) is 4.85. The molecular weight excluding hydrogens is 280 g/mol. The van der Waals surface area contributed by atoms with Gasteiger partial charge in [0.05, 0.1) is 13.7 Å². The second-order valence-electron chi connectivity index (χ2n) is 4.85. The van der Waals surface area contributed by atoms with E-state index in [0.717, 1.165) is 5.56 Å². The number of nitrogens with zero attached hydrogens (tertiary/aromatic N) is 1. The molecule has 2 N–H and O–H groups in total. The fraction of sp³-hybridized carbons (Fsp3) is 0.176. The first kappa shape index (κ1) is 15.6. The SMILES string of the molecule is COc1cccc(CN(CC(N)=O)C(=O)c2ccccc2)c1. The van der Waals surface area contributed by atoms with Crippen molar-refractivity contribution in [2.75, 3.05) is 13.7 Å². The molecule has 0 atom stereocenters. The molecule has 2 amide bonds. The molecule has 5 heteroatoms. The average molecular weight is 298 g/mol. The van der Waals surface area contributed by atoms with E-state index in [1.165, 1.54) is 4.90 Å². The van der Waals surface area contributed by atoms with E-state index in [2.05, 4.69) is 0 Å². The van der Waals surface area contributed by atoms with E-state index in [4.69, 9.17) is 10.5 Å². The van der Waals surface area contributed by atoms with Crippen molar-refractivity contribution < 1.29 is 14.3 Å². The Labute approximate surface area is 129 Å². The van der Waals surface area contributed by atoms with Gasteiger partial charge in [-0.3, -0.25) is 9.59 Å². The number of hydrogen-bond acceptors (Lipinski definition) is 3. The van der Waals surface area contributed by atoms with Gasteiger partial charge in [-0.05, 0) is 29.8 Å². The van der Waals surface area contributed by atoms with Gasteiger partial charge < -0.3 is 15.4 Å². The van der Waals surface area contributed by atoms with E-state index >= 15 is 0 Å². The van der Waals surface area contributed by atoms with Crippen LogP contribution in [0.3, 0.4) is 0 Å². The summed E-state index contributed by atoms with van der Waals surface area (Å²) in [5.74, 6) is -0.0851. The second kappa shape index (κ2) is 7.26. The van der Waals surface area contributed by atoms with Crippen molar-refractivity contribution >= 4 is 11.8 Å². The third-order valence-electron chi connectivity index (χ3n) is 3.16. The highest BCUT2D eigenvalue weighted by Gasteiger charge is 2.18. The molecule has 0 saturated carbocycles. The number of carbonyl (C=O) groups is 2. The van der Waals surface area contributed by atoms with Gasteiger partial charge in [-0.25, -0.2) is 0 Å². The summed E-state index contributed by atoms with van der Waals surface area (Å²) in [5.41, 5.74) is 6.65. The van der Waals surface area contributed by atoms with Crippen LogP contribution in [0.25, 0.3) is 0 Å². The quantitative estimate of drug-likeness (QED) is 0.884. The van der Waals surface area contributed by atoms with Gasteiger partial charge in [-0.1, -0.05) is 30.3 Å². The van der Waals surface area contributed by atoms with Gasteiger partial charge in [0.15, 0.2) is 0 Å². The Balaban J connectivity index is 2.22. The fourth-order valence-corrected chi connectivity index (χ4v) is 2.14. The number of primary amides is 1. The van der Waals surface area contributed by atoms with Crippen LogP contribution in [0.4, 0.5) is 0 Å².